The third kappa shape index (κ3) is 6.23. The van der Waals surface area contributed by atoms with Gasteiger partial charge in [0.2, 0.25) is 5.85 Å². The number of piperidine rings is 2. The lowest BCUT2D eigenvalue weighted by molar-refractivity contribution is -0.198. The highest BCUT2D eigenvalue weighted by Gasteiger charge is 2.66. The molecule has 4 atom stereocenters. The van der Waals surface area contributed by atoms with Gasteiger partial charge in [-0.15, -0.1) is 5.48 Å². The number of nitrogens with one attached hydrogen (secondary N) is 1. The molecule has 320 valence electrons. The summed E-state index contributed by atoms with van der Waals surface area (Å²) in [5, 5.41) is 23.3. The molecule has 6 saturated heterocycles. The lowest BCUT2D eigenvalue weighted by atomic mass is 9.89. The van der Waals surface area contributed by atoms with Gasteiger partial charge in [0.25, 0.3) is 11.8 Å². The van der Waals surface area contributed by atoms with E-state index < -0.39 is 17.1 Å². The fourth-order valence-corrected chi connectivity index (χ4v) is 10.7. The quantitative estimate of drug-likeness (QED) is 0.217. The molecular weight excluding hydrogens is 805 g/mol. The van der Waals surface area contributed by atoms with Crippen LogP contribution in [0.5, 0.6) is 11.5 Å². The number of nitrogens with zero attached hydrogens (tertiary/aromatic N) is 11. The predicted octanol–water partition coefficient (Wildman–Crippen LogP) is 4.30. The van der Waals surface area contributed by atoms with Crippen molar-refractivity contribution in [2.24, 2.45) is 0 Å². The number of hydrogen-bond acceptors (Lipinski definition) is 15. The van der Waals surface area contributed by atoms with Crippen molar-refractivity contribution in [1.29, 1.82) is 10.5 Å². The number of rotatable bonds is 8. The van der Waals surface area contributed by atoms with Crippen LogP contribution in [0, 0.1) is 22.7 Å². The molecule has 0 bridgehead atoms. The van der Waals surface area contributed by atoms with Gasteiger partial charge in [-0.05, 0) is 66.8 Å². The number of hydroxylamine groups is 1. The van der Waals surface area contributed by atoms with E-state index in [2.05, 4.69) is 47.5 Å². The predicted molar refractivity (Wildman–Crippen MR) is 222 cm³/mol. The number of pyridine rings is 1. The molecule has 0 unspecified atom stereocenters. The van der Waals surface area contributed by atoms with Crippen LogP contribution in [0.1, 0.15) is 85.8 Å². The number of nitriles is 2. The van der Waals surface area contributed by atoms with Crippen LogP contribution in [0.25, 0.3) is 5.65 Å². The van der Waals surface area contributed by atoms with Crippen molar-refractivity contribution in [3.63, 3.8) is 0 Å². The minimum absolute atomic E-state index is 0.00247. The second-order valence-electron chi connectivity index (χ2n) is 17.1. The molecule has 6 aliphatic rings. The zero-order valence-corrected chi connectivity index (χ0v) is 34.6. The highest BCUT2D eigenvalue weighted by Crippen LogP contribution is 2.53. The van der Waals surface area contributed by atoms with Gasteiger partial charge in [0, 0.05) is 64.3 Å². The lowest BCUT2D eigenvalue weighted by Crippen LogP contribution is -2.55. The molecule has 11 rings (SSSR count). The molecule has 0 radical (unpaired) electrons. The topological polar surface area (TPSA) is 200 Å². The van der Waals surface area contributed by atoms with Crippen molar-refractivity contribution < 1.29 is 28.6 Å². The molecule has 1 N–H and O–H groups in total. The molecule has 5 aromatic rings. The van der Waals surface area contributed by atoms with Crippen molar-refractivity contribution in [3.8, 4) is 23.6 Å². The Kier molecular flexibility index (Phi) is 9.23. The first-order valence-electron chi connectivity index (χ1n) is 21.4. The molecule has 18 nitrogen and oxygen atoms in total. The van der Waals surface area contributed by atoms with E-state index in [1.165, 1.54) is 12.7 Å². The molecule has 6 fully saturated rings. The molecule has 0 aliphatic carbocycles. The number of ether oxygens (including phenoxy) is 3. The average molecular weight is 849 g/mol. The normalized spacial score (nSPS) is 25.7. The standard InChI is InChI=1S/C45H44N12O6/c1-60-33-6-2-5-30(22-33)36-12-13-45(56(36)42(59)44(63-45)16-20-54(21-17-44)38-10-8-31(25-46)40-50-28-51-57(38)40)52-62-34-7-3-4-29(23-34)35-9-11-39-55(35)41(58)43(61-39)14-18-53(19-15-43)37-24-32(26-47)48-27-49-37/h2-8,10,22-24,27-28,35-36,39,52H,9,11-21H2,1H3/t35-,36-,39+,45-/m0/s1. The van der Waals surface area contributed by atoms with Crippen LogP contribution in [0.15, 0.2) is 79.4 Å². The maximum atomic E-state index is 14.9. The number of carbonyl (C=O) groups is 2. The van der Waals surface area contributed by atoms with Crippen LogP contribution in [-0.2, 0) is 19.1 Å². The maximum Gasteiger partial charge on any atom is 0.259 e. The van der Waals surface area contributed by atoms with Gasteiger partial charge >= 0.3 is 0 Å². The molecule has 18 heteroatoms. The molecule has 2 aromatic carbocycles. The van der Waals surface area contributed by atoms with E-state index in [1.807, 2.05) is 64.4 Å². The van der Waals surface area contributed by atoms with Crippen molar-refractivity contribution >= 4 is 29.1 Å². The van der Waals surface area contributed by atoms with Crippen LogP contribution in [-0.4, -0.2) is 103 Å². The molecule has 9 heterocycles. The van der Waals surface area contributed by atoms with Crippen molar-refractivity contribution in [2.45, 2.75) is 86.7 Å². The highest BCUT2D eigenvalue weighted by molar-refractivity contribution is 5.89. The first-order chi connectivity index (χ1) is 30.8. The lowest BCUT2D eigenvalue weighted by Gasteiger charge is -2.39. The number of anilines is 2. The van der Waals surface area contributed by atoms with E-state index in [-0.39, 0.29) is 30.1 Å². The van der Waals surface area contributed by atoms with Gasteiger partial charge in [0.15, 0.2) is 16.8 Å². The summed E-state index contributed by atoms with van der Waals surface area (Å²) >= 11 is 0. The van der Waals surface area contributed by atoms with Crippen molar-refractivity contribution in [2.75, 3.05) is 43.1 Å². The first kappa shape index (κ1) is 39.0. The van der Waals surface area contributed by atoms with Gasteiger partial charge in [0.1, 0.15) is 59.8 Å². The molecular formula is C45H44N12O6. The Labute approximate surface area is 362 Å². The minimum atomic E-state index is -1.27. The van der Waals surface area contributed by atoms with Crippen LogP contribution >= 0.6 is 0 Å². The largest absolute Gasteiger partial charge is 0.497 e. The second-order valence-corrected chi connectivity index (χ2v) is 17.1. The van der Waals surface area contributed by atoms with E-state index in [1.54, 1.807) is 23.8 Å². The number of carbonyl (C=O) groups excluding carboxylic acids is 2. The zero-order chi connectivity index (χ0) is 42.9. The Morgan fingerprint density at radius 1 is 0.762 bits per heavy atom. The Balaban J connectivity index is 0.819. The molecule has 2 spiro atoms. The van der Waals surface area contributed by atoms with Gasteiger partial charge in [-0.25, -0.2) is 15.0 Å². The number of methoxy groups -OCH3 is 1. The van der Waals surface area contributed by atoms with Gasteiger partial charge in [-0.3, -0.25) is 14.5 Å². The summed E-state index contributed by atoms with van der Waals surface area (Å²) in [6.45, 7) is 2.16. The molecule has 6 aliphatic heterocycles. The molecule has 0 saturated carbocycles. The zero-order valence-electron chi connectivity index (χ0n) is 34.6. The first-order valence-corrected chi connectivity index (χ1v) is 21.4. The summed E-state index contributed by atoms with van der Waals surface area (Å²) in [6, 6.07) is 24.6. The van der Waals surface area contributed by atoms with Crippen molar-refractivity contribution in [3.05, 3.63) is 102 Å². The Hall–Kier alpha value is -6.86. The van der Waals surface area contributed by atoms with Crippen LogP contribution in [0.2, 0.25) is 0 Å². The van der Waals surface area contributed by atoms with E-state index in [9.17, 15) is 20.1 Å². The summed E-state index contributed by atoms with van der Waals surface area (Å²) in [6.07, 6.45) is 6.94. The second kappa shape index (κ2) is 14.9. The number of benzene rings is 2. The number of amides is 2. The summed E-state index contributed by atoms with van der Waals surface area (Å²) in [5.41, 5.74) is 4.35. The molecule has 63 heavy (non-hydrogen) atoms. The SMILES string of the molecule is COc1cccc([C@@H]2CC[C@@]3(NOc4cccc([C@@H]5CC[C@H]6OC7(CCN(c8cc(C#N)ncn8)CC7)C(=O)N65)c4)OC4(CCN(c5ccc(C#N)c6ncnn56)CC4)C(=O)N23)c1. The fourth-order valence-electron chi connectivity index (χ4n) is 10.7. The van der Waals surface area contributed by atoms with E-state index >= 15 is 0 Å². The number of aromatic nitrogens is 5. The third-order valence-corrected chi connectivity index (χ3v) is 13.9. The van der Waals surface area contributed by atoms with Gasteiger partial charge in [0.05, 0.1) is 24.8 Å². The summed E-state index contributed by atoms with van der Waals surface area (Å²) in [4.78, 5) is 56.3. The van der Waals surface area contributed by atoms with E-state index in [0.29, 0.717) is 98.9 Å². The van der Waals surface area contributed by atoms with Gasteiger partial charge < -0.3 is 33.7 Å². The van der Waals surface area contributed by atoms with Gasteiger partial charge in [-0.1, -0.05) is 24.3 Å². The van der Waals surface area contributed by atoms with Gasteiger partial charge in [-0.2, -0.15) is 20.1 Å². The van der Waals surface area contributed by atoms with E-state index in [0.717, 1.165) is 29.8 Å². The van der Waals surface area contributed by atoms with Crippen LogP contribution in [0.4, 0.5) is 11.6 Å². The number of hydrogen-bond donors (Lipinski definition) is 1. The fraction of sp³-hybridized carbons (Fsp3) is 0.422. The van der Waals surface area contributed by atoms with Crippen molar-refractivity contribution in [1.82, 2.24) is 39.8 Å². The summed E-state index contributed by atoms with van der Waals surface area (Å²) < 4.78 is 20.9. The average Bonchev–Trinajstić information content (AvgIpc) is 4.15. The highest BCUT2D eigenvalue weighted by atomic mass is 16.7. The Morgan fingerprint density at radius 3 is 2.29 bits per heavy atom. The maximum absolute atomic E-state index is 14.9. The Bertz CT molecular complexity index is 2720. The van der Waals surface area contributed by atoms with E-state index in [4.69, 9.17) is 19.0 Å². The molecule has 2 amide bonds. The summed E-state index contributed by atoms with van der Waals surface area (Å²) in [5.74, 6) is 1.32. The monoisotopic (exact) mass is 848 g/mol. The minimum Gasteiger partial charge on any atom is -0.497 e. The smallest absolute Gasteiger partial charge is 0.259 e. The van der Waals surface area contributed by atoms with Crippen LogP contribution in [0.3, 0.4) is 0 Å². The number of fused-ring (bicyclic) bond motifs is 3. The summed E-state index contributed by atoms with van der Waals surface area (Å²) in [7, 11) is 1.63. The molecule has 3 aromatic heterocycles. The van der Waals surface area contributed by atoms with Crippen LogP contribution < -0.4 is 24.9 Å². The Morgan fingerprint density at radius 2 is 1.51 bits per heavy atom. The third-order valence-electron chi connectivity index (χ3n) is 13.9.